The summed E-state index contributed by atoms with van der Waals surface area (Å²) in [7, 11) is 1.92. The summed E-state index contributed by atoms with van der Waals surface area (Å²) in [6.45, 7) is 0. The monoisotopic (exact) mass is 251 g/mol. The Hall–Kier alpha value is -2.69. The van der Waals surface area contributed by atoms with Crippen LogP contribution in [-0.4, -0.2) is 19.5 Å². The second-order valence-corrected chi connectivity index (χ2v) is 4.23. The van der Waals surface area contributed by atoms with Crippen molar-refractivity contribution < 1.29 is 0 Å². The van der Waals surface area contributed by atoms with Gasteiger partial charge in [0.1, 0.15) is 11.5 Å². The third kappa shape index (κ3) is 2.18. The zero-order valence-corrected chi connectivity index (χ0v) is 10.5. The van der Waals surface area contributed by atoms with Gasteiger partial charge in [0, 0.05) is 31.1 Å². The van der Waals surface area contributed by atoms with E-state index in [1.807, 2.05) is 48.1 Å². The first kappa shape index (κ1) is 11.4. The van der Waals surface area contributed by atoms with Crippen LogP contribution in [0.4, 0.5) is 5.82 Å². The number of nitrogen functional groups attached to an aromatic ring is 1. The van der Waals surface area contributed by atoms with E-state index < -0.39 is 0 Å². The number of aryl methyl sites for hydroxylation is 1. The van der Waals surface area contributed by atoms with Gasteiger partial charge in [-0.3, -0.25) is 0 Å². The molecule has 0 atom stereocenters. The maximum absolute atomic E-state index is 5.86. The molecule has 0 saturated carbocycles. The average Bonchev–Trinajstić information content (AvgIpc) is 2.85. The molecular weight excluding hydrogens is 238 g/mol. The third-order valence-electron chi connectivity index (χ3n) is 2.83. The van der Waals surface area contributed by atoms with E-state index >= 15 is 0 Å². The summed E-state index contributed by atoms with van der Waals surface area (Å²) < 4.78 is 1.90. The summed E-state index contributed by atoms with van der Waals surface area (Å²) in [6, 6.07) is 11.5. The zero-order valence-electron chi connectivity index (χ0n) is 10.5. The highest BCUT2D eigenvalue weighted by atomic mass is 15.1. The van der Waals surface area contributed by atoms with Gasteiger partial charge in [0.15, 0.2) is 11.6 Å². The lowest BCUT2D eigenvalue weighted by atomic mass is 10.2. The largest absolute Gasteiger partial charge is 0.384 e. The molecule has 0 aliphatic heterocycles. The van der Waals surface area contributed by atoms with Crippen LogP contribution in [0.5, 0.6) is 0 Å². The number of nitrogens with two attached hydrogens (primary N) is 1. The first-order valence-corrected chi connectivity index (χ1v) is 5.92. The van der Waals surface area contributed by atoms with Gasteiger partial charge in [-0.1, -0.05) is 30.3 Å². The maximum atomic E-state index is 5.86. The lowest BCUT2D eigenvalue weighted by Gasteiger charge is -2.06. The highest BCUT2D eigenvalue weighted by molar-refractivity contribution is 5.63. The van der Waals surface area contributed by atoms with Gasteiger partial charge in [-0.15, -0.1) is 0 Å². The van der Waals surface area contributed by atoms with E-state index in [-0.39, 0.29) is 0 Å². The fourth-order valence-electron chi connectivity index (χ4n) is 1.91. The Morgan fingerprint density at radius 2 is 1.89 bits per heavy atom. The van der Waals surface area contributed by atoms with E-state index in [4.69, 9.17) is 5.73 Å². The third-order valence-corrected chi connectivity index (χ3v) is 2.83. The summed E-state index contributed by atoms with van der Waals surface area (Å²) in [4.78, 5) is 13.1. The normalized spacial score (nSPS) is 10.6. The molecule has 0 spiro atoms. The quantitative estimate of drug-likeness (QED) is 0.757. The molecule has 0 aliphatic rings. The fraction of sp³-hybridized carbons (Fsp3) is 0.0714. The number of hydrogen-bond acceptors (Lipinski definition) is 4. The molecule has 1 aromatic carbocycles. The number of nitrogens with zero attached hydrogens (tertiary/aromatic N) is 4. The van der Waals surface area contributed by atoms with Crippen LogP contribution in [-0.2, 0) is 7.05 Å². The van der Waals surface area contributed by atoms with Crippen molar-refractivity contribution in [2.24, 2.45) is 7.05 Å². The fourth-order valence-corrected chi connectivity index (χ4v) is 1.91. The molecule has 2 aromatic heterocycles. The topological polar surface area (TPSA) is 69.6 Å². The number of anilines is 1. The SMILES string of the molecule is Cn1ccnc1-c1cc(N)nc(-c2ccccc2)n1. The molecule has 0 amide bonds. The maximum Gasteiger partial charge on any atom is 0.162 e. The van der Waals surface area contributed by atoms with Crippen LogP contribution in [0.2, 0.25) is 0 Å². The van der Waals surface area contributed by atoms with Crippen molar-refractivity contribution in [3.63, 3.8) is 0 Å². The first-order chi connectivity index (χ1) is 9.24. The summed E-state index contributed by atoms with van der Waals surface area (Å²) in [5.41, 5.74) is 7.52. The standard InChI is InChI=1S/C14H13N5/c1-19-8-7-16-14(19)11-9-12(15)18-13(17-11)10-5-3-2-4-6-10/h2-9H,1H3,(H2,15,17,18). The molecule has 0 bridgehead atoms. The number of benzene rings is 1. The molecule has 5 nitrogen and oxygen atoms in total. The van der Waals surface area contributed by atoms with E-state index in [2.05, 4.69) is 15.0 Å². The summed E-state index contributed by atoms with van der Waals surface area (Å²) >= 11 is 0. The van der Waals surface area contributed by atoms with Gasteiger partial charge < -0.3 is 10.3 Å². The minimum Gasteiger partial charge on any atom is -0.384 e. The minimum atomic E-state index is 0.437. The van der Waals surface area contributed by atoms with Crippen molar-refractivity contribution in [3.8, 4) is 22.9 Å². The lowest BCUT2D eigenvalue weighted by molar-refractivity contribution is 0.916. The molecule has 0 unspecified atom stereocenters. The lowest BCUT2D eigenvalue weighted by Crippen LogP contribution is -2.00. The van der Waals surface area contributed by atoms with Crippen LogP contribution in [0.3, 0.4) is 0 Å². The number of hydrogen-bond donors (Lipinski definition) is 1. The van der Waals surface area contributed by atoms with Crippen molar-refractivity contribution in [3.05, 3.63) is 48.8 Å². The molecule has 94 valence electrons. The van der Waals surface area contributed by atoms with Gasteiger partial charge in [-0.05, 0) is 0 Å². The predicted octanol–water partition coefficient (Wildman–Crippen LogP) is 2.13. The van der Waals surface area contributed by atoms with E-state index in [0.717, 1.165) is 17.1 Å². The van der Waals surface area contributed by atoms with Crippen molar-refractivity contribution in [2.45, 2.75) is 0 Å². The van der Waals surface area contributed by atoms with Gasteiger partial charge in [-0.25, -0.2) is 15.0 Å². The van der Waals surface area contributed by atoms with Crippen LogP contribution in [0.15, 0.2) is 48.8 Å². The van der Waals surface area contributed by atoms with Crippen LogP contribution in [0.25, 0.3) is 22.9 Å². The summed E-state index contributed by atoms with van der Waals surface area (Å²) in [6.07, 6.45) is 3.60. The molecular formula is C14H13N5. The van der Waals surface area contributed by atoms with Crippen LogP contribution < -0.4 is 5.73 Å². The Morgan fingerprint density at radius 3 is 2.58 bits per heavy atom. The Morgan fingerprint density at radius 1 is 1.11 bits per heavy atom. The van der Waals surface area contributed by atoms with Crippen molar-refractivity contribution >= 4 is 5.82 Å². The molecule has 0 fully saturated rings. The van der Waals surface area contributed by atoms with E-state index in [9.17, 15) is 0 Å². The number of imidazole rings is 1. The van der Waals surface area contributed by atoms with E-state index in [1.165, 1.54) is 0 Å². The van der Waals surface area contributed by atoms with E-state index in [1.54, 1.807) is 12.3 Å². The van der Waals surface area contributed by atoms with Crippen LogP contribution in [0.1, 0.15) is 0 Å². The molecule has 0 radical (unpaired) electrons. The second kappa shape index (κ2) is 4.53. The Kier molecular flexibility index (Phi) is 2.72. The Balaban J connectivity index is 2.14. The van der Waals surface area contributed by atoms with Crippen LogP contribution in [0, 0.1) is 0 Å². The smallest absolute Gasteiger partial charge is 0.162 e. The number of aromatic nitrogens is 4. The molecule has 3 rings (SSSR count). The van der Waals surface area contributed by atoms with Crippen molar-refractivity contribution in [1.82, 2.24) is 19.5 Å². The van der Waals surface area contributed by atoms with Gasteiger partial charge in [0.2, 0.25) is 0 Å². The second-order valence-electron chi connectivity index (χ2n) is 4.23. The molecule has 19 heavy (non-hydrogen) atoms. The van der Waals surface area contributed by atoms with Crippen molar-refractivity contribution in [1.29, 1.82) is 0 Å². The molecule has 5 heteroatoms. The van der Waals surface area contributed by atoms with E-state index in [0.29, 0.717) is 11.6 Å². The highest BCUT2D eigenvalue weighted by Gasteiger charge is 2.10. The Bertz CT molecular complexity index is 703. The average molecular weight is 251 g/mol. The van der Waals surface area contributed by atoms with Gasteiger partial charge >= 0.3 is 0 Å². The van der Waals surface area contributed by atoms with Gasteiger partial charge in [-0.2, -0.15) is 0 Å². The molecule has 2 heterocycles. The van der Waals surface area contributed by atoms with Gasteiger partial charge in [0.05, 0.1) is 0 Å². The zero-order chi connectivity index (χ0) is 13.2. The van der Waals surface area contributed by atoms with Crippen LogP contribution >= 0.6 is 0 Å². The summed E-state index contributed by atoms with van der Waals surface area (Å²) in [5.74, 6) is 1.82. The van der Waals surface area contributed by atoms with Gasteiger partial charge in [0.25, 0.3) is 0 Å². The highest BCUT2D eigenvalue weighted by Crippen LogP contribution is 2.21. The minimum absolute atomic E-state index is 0.437. The predicted molar refractivity (Wildman–Crippen MR) is 74.1 cm³/mol. The molecule has 2 N–H and O–H groups in total. The summed E-state index contributed by atoms with van der Waals surface area (Å²) in [5, 5.41) is 0. The first-order valence-electron chi connectivity index (χ1n) is 5.92. The molecule has 0 saturated heterocycles. The Labute approximate surface area is 110 Å². The van der Waals surface area contributed by atoms with Crippen molar-refractivity contribution in [2.75, 3.05) is 5.73 Å². The molecule has 3 aromatic rings. The molecule has 0 aliphatic carbocycles. The number of rotatable bonds is 2.